The van der Waals surface area contributed by atoms with Crippen LogP contribution in [0.1, 0.15) is 19.3 Å². The quantitative estimate of drug-likeness (QED) is 0.780. The van der Waals surface area contributed by atoms with Gasteiger partial charge in [0, 0.05) is 18.7 Å². The monoisotopic (exact) mass is 227 g/mol. The van der Waals surface area contributed by atoms with Gasteiger partial charge in [0.25, 0.3) is 0 Å². The van der Waals surface area contributed by atoms with Crippen molar-refractivity contribution in [2.75, 3.05) is 13.2 Å². The molecule has 16 heavy (non-hydrogen) atoms. The van der Waals surface area contributed by atoms with Crippen LogP contribution in [0.4, 0.5) is 8.78 Å². The summed E-state index contributed by atoms with van der Waals surface area (Å²) in [5, 5.41) is 3.30. The van der Waals surface area contributed by atoms with Crippen LogP contribution in [0.15, 0.2) is 18.2 Å². The Balaban J connectivity index is 1.71. The van der Waals surface area contributed by atoms with E-state index in [9.17, 15) is 8.78 Å². The predicted molar refractivity (Wildman–Crippen MR) is 57.5 cm³/mol. The first-order chi connectivity index (χ1) is 7.75. The van der Waals surface area contributed by atoms with Gasteiger partial charge in [-0.2, -0.15) is 0 Å². The molecule has 0 spiro atoms. The van der Waals surface area contributed by atoms with Crippen molar-refractivity contribution in [3.05, 3.63) is 29.8 Å². The second-order valence-corrected chi connectivity index (χ2v) is 4.01. The zero-order valence-corrected chi connectivity index (χ0v) is 9.01. The van der Waals surface area contributed by atoms with E-state index in [-0.39, 0.29) is 5.75 Å². The summed E-state index contributed by atoms with van der Waals surface area (Å²) in [5.41, 5.74) is 0. The van der Waals surface area contributed by atoms with Gasteiger partial charge in [-0.15, -0.1) is 0 Å². The van der Waals surface area contributed by atoms with Gasteiger partial charge in [-0.1, -0.05) is 6.42 Å². The molecule has 0 radical (unpaired) electrons. The third-order valence-corrected chi connectivity index (χ3v) is 2.79. The third kappa shape index (κ3) is 2.92. The largest absolute Gasteiger partial charge is 0.489 e. The molecule has 0 aliphatic heterocycles. The molecule has 0 unspecified atom stereocenters. The second-order valence-electron chi connectivity index (χ2n) is 4.01. The van der Waals surface area contributed by atoms with Gasteiger partial charge in [0.1, 0.15) is 12.4 Å². The molecule has 1 aromatic rings. The Morgan fingerprint density at radius 3 is 2.75 bits per heavy atom. The van der Waals surface area contributed by atoms with E-state index in [0.717, 1.165) is 6.07 Å². The molecule has 1 saturated carbocycles. The van der Waals surface area contributed by atoms with Crippen LogP contribution in [0.3, 0.4) is 0 Å². The first-order valence-electron chi connectivity index (χ1n) is 5.57. The van der Waals surface area contributed by atoms with Gasteiger partial charge in [-0.05, 0) is 25.0 Å². The topological polar surface area (TPSA) is 21.3 Å². The maximum Gasteiger partial charge on any atom is 0.167 e. The second kappa shape index (κ2) is 5.25. The van der Waals surface area contributed by atoms with E-state index in [0.29, 0.717) is 19.2 Å². The van der Waals surface area contributed by atoms with Crippen LogP contribution in [0.2, 0.25) is 0 Å². The van der Waals surface area contributed by atoms with Gasteiger partial charge in [0.2, 0.25) is 0 Å². The molecule has 1 aliphatic carbocycles. The summed E-state index contributed by atoms with van der Waals surface area (Å²) in [6.07, 6.45) is 3.71. The van der Waals surface area contributed by atoms with Crippen molar-refractivity contribution in [3.8, 4) is 5.75 Å². The molecule has 0 saturated heterocycles. The van der Waals surface area contributed by atoms with Crippen molar-refractivity contribution >= 4 is 0 Å². The molecule has 0 atom stereocenters. The molecule has 2 rings (SSSR count). The minimum Gasteiger partial charge on any atom is -0.489 e. The fourth-order valence-corrected chi connectivity index (χ4v) is 1.63. The smallest absolute Gasteiger partial charge is 0.167 e. The molecule has 1 aromatic carbocycles. The van der Waals surface area contributed by atoms with Gasteiger partial charge in [-0.25, -0.2) is 8.78 Å². The van der Waals surface area contributed by atoms with Crippen LogP contribution in [-0.2, 0) is 0 Å². The number of halogens is 2. The van der Waals surface area contributed by atoms with E-state index in [1.807, 2.05) is 0 Å². The van der Waals surface area contributed by atoms with E-state index in [1.165, 1.54) is 31.4 Å². The Hall–Kier alpha value is -1.16. The normalized spacial score (nSPS) is 15.9. The summed E-state index contributed by atoms with van der Waals surface area (Å²) in [6, 6.07) is 3.93. The van der Waals surface area contributed by atoms with Crippen molar-refractivity contribution in [2.24, 2.45) is 0 Å². The minimum absolute atomic E-state index is 0.108. The molecule has 0 bridgehead atoms. The van der Waals surface area contributed by atoms with Crippen molar-refractivity contribution in [2.45, 2.75) is 25.3 Å². The summed E-state index contributed by atoms with van der Waals surface area (Å²) < 4.78 is 30.9. The lowest BCUT2D eigenvalue weighted by molar-refractivity contribution is 0.267. The van der Waals surface area contributed by atoms with E-state index >= 15 is 0 Å². The van der Waals surface area contributed by atoms with Crippen molar-refractivity contribution in [1.82, 2.24) is 5.32 Å². The molecule has 1 aliphatic rings. The van der Waals surface area contributed by atoms with Gasteiger partial charge in [0.05, 0.1) is 0 Å². The lowest BCUT2D eigenvalue weighted by atomic mass is 9.93. The molecule has 0 amide bonds. The third-order valence-electron chi connectivity index (χ3n) is 2.79. The summed E-state index contributed by atoms with van der Waals surface area (Å²) in [7, 11) is 0. The van der Waals surface area contributed by atoms with Crippen molar-refractivity contribution < 1.29 is 13.5 Å². The molecule has 1 fully saturated rings. The number of nitrogens with one attached hydrogen (secondary N) is 1. The van der Waals surface area contributed by atoms with E-state index in [1.54, 1.807) is 0 Å². The predicted octanol–water partition coefficient (Wildman–Crippen LogP) is 2.49. The molecular weight excluding hydrogens is 212 g/mol. The minimum atomic E-state index is -0.649. The number of hydrogen-bond acceptors (Lipinski definition) is 2. The standard InChI is InChI=1S/C12H15F2NO/c13-9-4-5-12(11(14)8-9)16-7-6-15-10-2-1-3-10/h4-5,8,10,15H,1-3,6-7H2. The Bertz CT molecular complexity index is 353. The Morgan fingerprint density at radius 1 is 1.31 bits per heavy atom. The van der Waals surface area contributed by atoms with Crippen LogP contribution in [0.25, 0.3) is 0 Å². The zero-order valence-electron chi connectivity index (χ0n) is 9.01. The number of rotatable bonds is 5. The first-order valence-corrected chi connectivity index (χ1v) is 5.57. The molecule has 0 aromatic heterocycles. The van der Waals surface area contributed by atoms with Crippen LogP contribution < -0.4 is 10.1 Å². The molecule has 0 heterocycles. The van der Waals surface area contributed by atoms with Crippen LogP contribution in [0, 0.1) is 11.6 Å². The van der Waals surface area contributed by atoms with Gasteiger partial charge >= 0.3 is 0 Å². The highest BCUT2D eigenvalue weighted by molar-refractivity contribution is 5.24. The highest BCUT2D eigenvalue weighted by atomic mass is 19.1. The highest BCUT2D eigenvalue weighted by Gasteiger charge is 2.15. The van der Waals surface area contributed by atoms with Gasteiger partial charge in [0.15, 0.2) is 11.6 Å². The molecule has 88 valence electrons. The number of ether oxygens (including phenoxy) is 1. The molecule has 4 heteroatoms. The number of hydrogen-bond donors (Lipinski definition) is 1. The van der Waals surface area contributed by atoms with E-state index in [4.69, 9.17) is 4.74 Å². The molecule has 1 N–H and O–H groups in total. The van der Waals surface area contributed by atoms with E-state index < -0.39 is 11.6 Å². The summed E-state index contributed by atoms with van der Waals surface area (Å²) in [6.45, 7) is 1.10. The summed E-state index contributed by atoms with van der Waals surface area (Å²) in [5.74, 6) is -1.13. The van der Waals surface area contributed by atoms with Crippen LogP contribution >= 0.6 is 0 Å². The molecule has 2 nitrogen and oxygen atoms in total. The molecular formula is C12H15F2NO. The van der Waals surface area contributed by atoms with Gasteiger partial charge in [-0.3, -0.25) is 0 Å². The zero-order chi connectivity index (χ0) is 11.4. The van der Waals surface area contributed by atoms with Crippen molar-refractivity contribution in [1.29, 1.82) is 0 Å². The maximum absolute atomic E-state index is 13.1. The Kier molecular flexibility index (Phi) is 3.72. The first kappa shape index (κ1) is 11.3. The van der Waals surface area contributed by atoms with Crippen LogP contribution in [-0.4, -0.2) is 19.2 Å². The number of benzene rings is 1. The average Bonchev–Trinajstić information content (AvgIpc) is 2.18. The maximum atomic E-state index is 13.1. The van der Waals surface area contributed by atoms with Crippen LogP contribution in [0.5, 0.6) is 5.75 Å². The Labute approximate surface area is 93.6 Å². The lowest BCUT2D eigenvalue weighted by Gasteiger charge is -2.26. The Morgan fingerprint density at radius 2 is 2.12 bits per heavy atom. The summed E-state index contributed by atoms with van der Waals surface area (Å²) >= 11 is 0. The summed E-state index contributed by atoms with van der Waals surface area (Å²) in [4.78, 5) is 0. The lowest BCUT2D eigenvalue weighted by Crippen LogP contribution is -2.37. The highest BCUT2D eigenvalue weighted by Crippen LogP contribution is 2.18. The SMILES string of the molecule is Fc1ccc(OCCNC2CCC2)c(F)c1. The van der Waals surface area contributed by atoms with Gasteiger partial charge < -0.3 is 10.1 Å². The van der Waals surface area contributed by atoms with E-state index in [2.05, 4.69) is 5.32 Å². The fraction of sp³-hybridized carbons (Fsp3) is 0.500. The van der Waals surface area contributed by atoms with Crippen molar-refractivity contribution in [3.63, 3.8) is 0 Å². The fourth-order valence-electron chi connectivity index (χ4n) is 1.63. The average molecular weight is 227 g/mol.